The second kappa shape index (κ2) is 7.32. The van der Waals surface area contributed by atoms with Gasteiger partial charge in [-0.1, -0.05) is 18.7 Å². The molecule has 0 aliphatic rings. The SMILES string of the molecule is [B]C(=O)OC/C(C=C)=C/C=C(\C)OS. The summed E-state index contributed by atoms with van der Waals surface area (Å²) in [5.74, 6) is -0.198. The topological polar surface area (TPSA) is 35.5 Å². The van der Waals surface area contributed by atoms with E-state index in [0.717, 1.165) is 0 Å². The van der Waals surface area contributed by atoms with Gasteiger partial charge in [0.2, 0.25) is 13.7 Å². The van der Waals surface area contributed by atoms with E-state index in [4.69, 9.17) is 7.85 Å². The molecular weight excluding hydrogens is 199 g/mol. The normalized spacial score (nSPS) is 12.1. The van der Waals surface area contributed by atoms with Gasteiger partial charge in [0.15, 0.2) is 0 Å². The fraction of sp³-hybridized carbons (Fsp3) is 0.222. The van der Waals surface area contributed by atoms with Crippen molar-refractivity contribution in [1.82, 2.24) is 0 Å². The lowest BCUT2D eigenvalue weighted by Crippen LogP contribution is -2.03. The van der Waals surface area contributed by atoms with Gasteiger partial charge in [0.25, 0.3) is 0 Å². The van der Waals surface area contributed by atoms with Crippen LogP contribution in [0.5, 0.6) is 0 Å². The number of ether oxygens (including phenoxy) is 1. The summed E-state index contributed by atoms with van der Waals surface area (Å²) in [5, 5.41) is 0. The quantitative estimate of drug-likeness (QED) is 0.248. The van der Waals surface area contributed by atoms with Gasteiger partial charge in [-0.3, -0.25) is 4.79 Å². The molecule has 0 saturated heterocycles. The van der Waals surface area contributed by atoms with E-state index in [0.29, 0.717) is 11.3 Å². The summed E-state index contributed by atoms with van der Waals surface area (Å²) >= 11 is 3.60. The van der Waals surface area contributed by atoms with Crippen molar-refractivity contribution in [2.75, 3.05) is 6.61 Å². The fourth-order valence-electron chi connectivity index (χ4n) is 0.584. The molecule has 0 unspecified atom stereocenters. The summed E-state index contributed by atoms with van der Waals surface area (Å²) in [4.78, 5) is 10.3. The van der Waals surface area contributed by atoms with Crippen LogP contribution in [0.3, 0.4) is 0 Å². The number of carbonyl (C=O) groups excluding carboxylic acids is 1. The maximum atomic E-state index is 10.3. The van der Waals surface area contributed by atoms with Gasteiger partial charge in [-0.15, -0.1) is 0 Å². The zero-order valence-corrected chi connectivity index (χ0v) is 8.79. The van der Waals surface area contributed by atoms with Crippen LogP contribution in [0.1, 0.15) is 6.92 Å². The first-order valence-electron chi connectivity index (χ1n) is 3.83. The number of carbonyl (C=O) groups is 1. The third kappa shape index (κ3) is 6.42. The van der Waals surface area contributed by atoms with E-state index in [1.807, 2.05) is 0 Å². The highest BCUT2D eigenvalue weighted by atomic mass is 32.1. The number of rotatable bonds is 5. The number of hydrogen-bond donors (Lipinski definition) is 1. The average molecular weight is 210 g/mol. The van der Waals surface area contributed by atoms with Gasteiger partial charge in [0.05, 0.1) is 0 Å². The molecule has 0 saturated carbocycles. The number of thiol groups is 1. The van der Waals surface area contributed by atoms with E-state index in [1.54, 1.807) is 25.2 Å². The summed E-state index contributed by atoms with van der Waals surface area (Å²) in [5.41, 5.74) is 0.716. The smallest absolute Gasteiger partial charge is 0.236 e. The average Bonchev–Trinajstić information content (AvgIpc) is 2.17. The maximum absolute atomic E-state index is 10.3. The molecule has 0 bridgehead atoms. The highest BCUT2D eigenvalue weighted by Gasteiger charge is 1.94. The standard InChI is InChI=1S/C9H11BO3S/c1-3-8(6-12-9(10)11)5-4-7(2)13-14/h3-5,14H,1,6H2,2H3/b7-4+,8-5+. The van der Waals surface area contributed by atoms with E-state index in [-0.39, 0.29) is 6.61 Å². The highest BCUT2D eigenvalue weighted by molar-refractivity contribution is 7.75. The van der Waals surface area contributed by atoms with Crippen molar-refractivity contribution in [2.24, 2.45) is 0 Å². The Labute approximate surface area is 90.5 Å². The predicted octanol–water partition coefficient (Wildman–Crippen LogP) is 2.17. The lowest BCUT2D eigenvalue weighted by atomic mass is 10.2. The van der Waals surface area contributed by atoms with Crippen LogP contribution in [0.4, 0.5) is 4.79 Å². The lowest BCUT2D eigenvalue weighted by Gasteiger charge is -2.01. The molecule has 0 spiro atoms. The molecule has 14 heavy (non-hydrogen) atoms. The van der Waals surface area contributed by atoms with Crippen LogP contribution in [-0.2, 0) is 8.92 Å². The Hall–Kier alpha value is -1.10. The molecule has 0 fully saturated rings. The van der Waals surface area contributed by atoms with Crippen molar-refractivity contribution >= 4 is 26.6 Å². The Kier molecular flexibility index (Phi) is 6.75. The van der Waals surface area contributed by atoms with Gasteiger partial charge in [-0.25, -0.2) is 0 Å². The molecule has 0 amide bonds. The Morgan fingerprint density at radius 3 is 2.64 bits per heavy atom. The predicted molar refractivity (Wildman–Crippen MR) is 59.2 cm³/mol. The van der Waals surface area contributed by atoms with Crippen LogP contribution in [0.15, 0.2) is 36.1 Å². The second-order valence-electron chi connectivity index (χ2n) is 2.42. The van der Waals surface area contributed by atoms with Crippen LogP contribution in [0, 0.1) is 0 Å². The van der Waals surface area contributed by atoms with Crippen molar-refractivity contribution in [3.63, 3.8) is 0 Å². The van der Waals surface area contributed by atoms with E-state index in [1.165, 1.54) is 0 Å². The van der Waals surface area contributed by atoms with Gasteiger partial charge in [0.1, 0.15) is 12.4 Å². The molecule has 5 heteroatoms. The van der Waals surface area contributed by atoms with Gasteiger partial charge < -0.3 is 8.92 Å². The van der Waals surface area contributed by atoms with Crippen LogP contribution in [0.25, 0.3) is 0 Å². The minimum Gasteiger partial charge on any atom is -0.470 e. The number of allylic oxidation sites excluding steroid dienone is 3. The van der Waals surface area contributed by atoms with E-state index < -0.39 is 5.87 Å². The van der Waals surface area contributed by atoms with Crippen molar-refractivity contribution in [3.8, 4) is 0 Å². The summed E-state index contributed by atoms with van der Waals surface area (Å²) in [6.45, 7) is 5.38. The Balaban J connectivity index is 4.25. The van der Waals surface area contributed by atoms with Crippen LogP contribution in [0.2, 0.25) is 0 Å². The van der Waals surface area contributed by atoms with Crippen LogP contribution in [-0.4, -0.2) is 20.3 Å². The Morgan fingerprint density at radius 2 is 2.21 bits per heavy atom. The molecule has 0 heterocycles. The molecule has 74 valence electrons. The van der Waals surface area contributed by atoms with E-state index >= 15 is 0 Å². The molecule has 0 aliphatic carbocycles. The van der Waals surface area contributed by atoms with E-state index in [9.17, 15) is 4.79 Å². The van der Waals surface area contributed by atoms with Gasteiger partial charge in [0, 0.05) is 12.9 Å². The van der Waals surface area contributed by atoms with Gasteiger partial charge in [-0.2, -0.15) is 0 Å². The number of hydrogen-bond acceptors (Lipinski definition) is 4. The molecule has 0 aromatic heterocycles. The molecule has 2 radical (unpaired) electrons. The second-order valence-corrected chi connectivity index (χ2v) is 2.60. The molecular formula is C9H11BO3S. The van der Waals surface area contributed by atoms with Crippen LogP contribution < -0.4 is 0 Å². The molecule has 0 aromatic carbocycles. The summed E-state index contributed by atoms with van der Waals surface area (Å²) in [6, 6.07) is 0. The zero-order valence-electron chi connectivity index (χ0n) is 7.90. The van der Waals surface area contributed by atoms with Crippen molar-refractivity contribution in [2.45, 2.75) is 6.92 Å². The van der Waals surface area contributed by atoms with Crippen LogP contribution >= 0.6 is 12.9 Å². The first kappa shape index (κ1) is 12.9. The third-order valence-corrected chi connectivity index (χ3v) is 1.61. The molecule has 3 nitrogen and oxygen atoms in total. The summed E-state index contributed by atoms with van der Waals surface area (Å²) in [6.07, 6.45) is 4.93. The highest BCUT2D eigenvalue weighted by Crippen LogP contribution is 2.02. The largest absolute Gasteiger partial charge is 0.470 e. The Bertz CT molecular complexity index is 271. The first-order chi connectivity index (χ1) is 6.60. The molecule has 0 rings (SSSR count). The van der Waals surface area contributed by atoms with Gasteiger partial charge in [-0.05, 0) is 18.6 Å². The monoisotopic (exact) mass is 210 g/mol. The molecule has 0 N–H and O–H groups in total. The molecule has 0 aromatic rings. The maximum Gasteiger partial charge on any atom is 0.236 e. The van der Waals surface area contributed by atoms with Crippen molar-refractivity contribution in [3.05, 3.63) is 36.1 Å². The van der Waals surface area contributed by atoms with Crippen molar-refractivity contribution < 1.29 is 13.7 Å². The third-order valence-electron chi connectivity index (χ3n) is 1.32. The summed E-state index contributed by atoms with van der Waals surface area (Å²) in [7, 11) is 4.80. The summed E-state index contributed by atoms with van der Waals surface area (Å²) < 4.78 is 9.19. The van der Waals surface area contributed by atoms with Gasteiger partial charge >= 0.3 is 0 Å². The van der Waals surface area contributed by atoms with E-state index in [2.05, 4.69) is 28.4 Å². The minimum atomic E-state index is -0.816. The lowest BCUT2D eigenvalue weighted by molar-refractivity contribution is 0.184. The minimum absolute atomic E-state index is 0.0924. The molecule has 0 aliphatic heterocycles. The first-order valence-corrected chi connectivity index (χ1v) is 4.20. The fourth-order valence-corrected chi connectivity index (χ4v) is 0.645. The zero-order chi connectivity index (χ0) is 11.0. The van der Waals surface area contributed by atoms with Crippen molar-refractivity contribution in [1.29, 1.82) is 0 Å². The molecule has 0 atom stereocenters. The Morgan fingerprint density at radius 1 is 1.57 bits per heavy atom.